The van der Waals surface area contributed by atoms with Gasteiger partial charge < -0.3 is 5.32 Å². The van der Waals surface area contributed by atoms with Crippen molar-refractivity contribution < 1.29 is 8.42 Å². The molecule has 1 heterocycles. The number of aromatic nitrogens is 2. The zero-order valence-corrected chi connectivity index (χ0v) is 15.4. The van der Waals surface area contributed by atoms with Crippen LogP contribution in [-0.2, 0) is 16.6 Å². The van der Waals surface area contributed by atoms with Crippen molar-refractivity contribution in [3.8, 4) is 0 Å². The standard InChI is InChI=1S/C19H20N4O2S/c1-14-7-3-5-9-16(14)13-20-18-11-12-19(22-21-18)23-26(24,25)17-10-6-4-8-15(17)2/h3-12H,13H2,1-2H3,(H,20,21)(H,22,23). The Labute approximate surface area is 153 Å². The number of rotatable bonds is 6. The van der Waals surface area contributed by atoms with E-state index in [0.29, 0.717) is 17.9 Å². The fourth-order valence-corrected chi connectivity index (χ4v) is 3.77. The van der Waals surface area contributed by atoms with Gasteiger partial charge in [0.1, 0.15) is 5.82 Å². The largest absolute Gasteiger partial charge is 0.364 e. The number of anilines is 2. The van der Waals surface area contributed by atoms with Crippen LogP contribution in [0.15, 0.2) is 65.6 Å². The van der Waals surface area contributed by atoms with Crippen LogP contribution in [-0.4, -0.2) is 18.6 Å². The molecule has 0 aliphatic rings. The van der Waals surface area contributed by atoms with E-state index in [1.165, 1.54) is 11.1 Å². The monoisotopic (exact) mass is 368 g/mol. The van der Waals surface area contributed by atoms with Crippen LogP contribution in [0.25, 0.3) is 0 Å². The lowest BCUT2D eigenvalue weighted by atomic mass is 10.1. The molecule has 0 bridgehead atoms. The van der Waals surface area contributed by atoms with Crippen LogP contribution < -0.4 is 10.0 Å². The van der Waals surface area contributed by atoms with E-state index in [1.807, 2.05) is 31.2 Å². The number of nitrogens with zero attached hydrogens (tertiary/aromatic N) is 2. The van der Waals surface area contributed by atoms with Gasteiger partial charge in [-0.05, 0) is 48.7 Å². The topological polar surface area (TPSA) is 84.0 Å². The summed E-state index contributed by atoms with van der Waals surface area (Å²) < 4.78 is 27.4. The van der Waals surface area contributed by atoms with Crippen molar-refractivity contribution in [2.75, 3.05) is 10.0 Å². The van der Waals surface area contributed by atoms with E-state index in [1.54, 1.807) is 43.3 Å². The second-order valence-electron chi connectivity index (χ2n) is 5.95. The minimum absolute atomic E-state index is 0.176. The van der Waals surface area contributed by atoms with Crippen LogP contribution in [0.1, 0.15) is 16.7 Å². The Bertz CT molecular complexity index is 1000. The molecule has 0 atom stereocenters. The molecule has 0 aliphatic heterocycles. The second-order valence-corrected chi connectivity index (χ2v) is 7.61. The van der Waals surface area contributed by atoms with E-state index in [2.05, 4.69) is 20.2 Å². The molecule has 1 aromatic heterocycles. The van der Waals surface area contributed by atoms with Crippen molar-refractivity contribution in [2.45, 2.75) is 25.3 Å². The zero-order valence-electron chi connectivity index (χ0n) is 14.6. The van der Waals surface area contributed by atoms with Crippen molar-refractivity contribution in [3.63, 3.8) is 0 Å². The zero-order chi connectivity index (χ0) is 18.6. The van der Waals surface area contributed by atoms with E-state index in [4.69, 9.17) is 0 Å². The third-order valence-corrected chi connectivity index (χ3v) is 5.52. The van der Waals surface area contributed by atoms with Crippen molar-refractivity contribution in [1.29, 1.82) is 0 Å². The SMILES string of the molecule is Cc1ccccc1CNc1ccc(NS(=O)(=O)c2ccccc2C)nn1. The maximum atomic E-state index is 12.5. The van der Waals surface area contributed by atoms with E-state index in [-0.39, 0.29) is 10.7 Å². The van der Waals surface area contributed by atoms with Crippen molar-refractivity contribution in [2.24, 2.45) is 0 Å². The average molecular weight is 368 g/mol. The molecule has 134 valence electrons. The normalized spacial score (nSPS) is 11.2. The lowest BCUT2D eigenvalue weighted by Gasteiger charge is -2.10. The fourth-order valence-electron chi connectivity index (χ4n) is 2.53. The highest BCUT2D eigenvalue weighted by Crippen LogP contribution is 2.18. The first kappa shape index (κ1) is 17.9. The molecule has 0 fully saturated rings. The van der Waals surface area contributed by atoms with Crippen molar-refractivity contribution >= 4 is 21.7 Å². The molecule has 2 N–H and O–H groups in total. The van der Waals surface area contributed by atoms with E-state index < -0.39 is 10.0 Å². The molecular formula is C19H20N4O2S. The summed E-state index contributed by atoms with van der Waals surface area (Å²) in [6.07, 6.45) is 0. The van der Waals surface area contributed by atoms with Crippen molar-refractivity contribution in [1.82, 2.24) is 10.2 Å². The summed E-state index contributed by atoms with van der Waals surface area (Å²) in [5.41, 5.74) is 3.03. The minimum atomic E-state index is -3.69. The summed E-state index contributed by atoms with van der Waals surface area (Å²) in [5, 5.41) is 11.2. The predicted octanol–water partition coefficient (Wildman–Crippen LogP) is 3.51. The Balaban J connectivity index is 1.68. The Morgan fingerprint density at radius 3 is 2.08 bits per heavy atom. The quantitative estimate of drug-likeness (QED) is 0.696. The molecule has 0 radical (unpaired) electrons. The molecule has 0 saturated heterocycles. The van der Waals surface area contributed by atoms with Crippen LogP contribution >= 0.6 is 0 Å². The van der Waals surface area contributed by atoms with Crippen LogP contribution in [0.3, 0.4) is 0 Å². The highest BCUT2D eigenvalue weighted by atomic mass is 32.2. The number of hydrogen-bond donors (Lipinski definition) is 2. The molecule has 6 nitrogen and oxygen atoms in total. The van der Waals surface area contributed by atoms with Gasteiger partial charge >= 0.3 is 0 Å². The predicted molar refractivity (Wildman–Crippen MR) is 103 cm³/mol. The summed E-state index contributed by atoms with van der Waals surface area (Å²) in [6, 6.07) is 18.1. The van der Waals surface area contributed by atoms with E-state index in [9.17, 15) is 8.42 Å². The molecule has 0 aliphatic carbocycles. The summed E-state index contributed by atoms with van der Waals surface area (Å²) in [7, 11) is -3.69. The van der Waals surface area contributed by atoms with Gasteiger partial charge in [-0.3, -0.25) is 4.72 Å². The summed E-state index contributed by atoms with van der Waals surface area (Å²) >= 11 is 0. The third kappa shape index (κ3) is 4.18. The van der Waals surface area contributed by atoms with Gasteiger partial charge in [0.05, 0.1) is 4.90 Å². The minimum Gasteiger partial charge on any atom is -0.364 e. The van der Waals surface area contributed by atoms with Gasteiger partial charge in [-0.15, -0.1) is 10.2 Å². The van der Waals surface area contributed by atoms with Gasteiger partial charge in [0.15, 0.2) is 5.82 Å². The number of nitrogens with one attached hydrogen (secondary N) is 2. The first-order chi connectivity index (χ1) is 12.5. The van der Waals surface area contributed by atoms with E-state index in [0.717, 1.165) is 0 Å². The van der Waals surface area contributed by atoms with Gasteiger partial charge in [-0.2, -0.15) is 0 Å². The fraction of sp³-hybridized carbons (Fsp3) is 0.158. The van der Waals surface area contributed by atoms with Crippen molar-refractivity contribution in [3.05, 3.63) is 77.4 Å². The Morgan fingerprint density at radius 1 is 0.808 bits per heavy atom. The molecule has 3 rings (SSSR count). The number of aryl methyl sites for hydroxylation is 2. The van der Waals surface area contributed by atoms with Gasteiger partial charge in [0, 0.05) is 6.54 Å². The lowest BCUT2D eigenvalue weighted by molar-refractivity contribution is 0.600. The molecule has 3 aromatic rings. The third-order valence-electron chi connectivity index (χ3n) is 4.01. The molecular weight excluding hydrogens is 348 g/mol. The molecule has 0 spiro atoms. The maximum absolute atomic E-state index is 12.5. The molecule has 26 heavy (non-hydrogen) atoms. The summed E-state index contributed by atoms with van der Waals surface area (Å²) in [4.78, 5) is 0.226. The van der Waals surface area contributed by atoms with Gasteiger partial charge in [0.2, 0.25) is 0 Å². The number of sulfonamides is 1. The first-order valence-corrected chi connectivity index (χ1v) is 9.64. The van der Waals surface area contributed by atoms with Crippen LogP contribution in [0.2, 0.25) is 0 Å². The van der Waals surface area contributed by atoms with Crippen LogP contribution in [0.5, 0.6) is 0 Å². The Hall–Kier alpha value is -2.93. The van der Waals surface area contributed by atoms with Gasteiger partial charge in [-0.1, -0.05) is 42.5 Å². The lowest BCUT2D eigenvalue weighted by Crippen LogP contribution is -2.15. The molecule has 2 aromatic carbocycles. The summed E-state index contributed by atoms with van der Waals surface area (Å²) in [6.45, 7) is 4.42. The highest BCUT2D eigenvalue weighted by molar-refractivity contribution is 7.92. The maximum Gasteiger partial charge on any atom is 0.263 e. The Morgan fingerprint density at radius 2 is 1.42 bits per heavy atom. The molecule has 0 unspecified atom stereocenters. The van der Waals surface area contributed by atoms with Gasteiger partial charge in [0.25, 0.3) is 10.0 Å². The molecule has 0 amide bonds. The smallest absolute Gasteiger partial charge is 0.263 e. The van der Waals surface area contributed by atoms with Crippen LogP contribution in [0, 0.1) is 13.8 Å². The number of benzene rings is 2. The number of hydrogen-bond acceptors (Lipinski definition) is 5. The Kier molecular flexibility index (Phi) is 5.18. The van der Waals surface area contributed by atoms with E-state index >= 15 is 0 Å². The molecule has 0 saturated carbocycles. The van der Waals surface area contributed by atoms with Crippen LogP contribution in [0.4, 0.5) is 11.6 Å². The highest BCUT2D eigenvalue weighted by Gasteiger charge is 2.17. The summed E-state index contributed by atoms with van der Waals surface area (Å²) in [5.74, 6) is 0.752. The molecule has 7 heteroatoms. The van der Waals surface area contributed by atoms with Gasteiger partial charge in [-0.25, -0.2) is 8.42 Å². The first-order valence-electron chi connectivity index (χ1n) is 8.16. The average Bonchev–Trinajstić information content (AvgIpc) is 2.62. The second kappa shape index (κ2) is 7.53.